The highest BCUT2D eigenvalue weighted by molar-refractivity contribution is 7.99. The number of esters is 1. The van der Waals surface area contributed by atoms with Crippen LogP contribution in [0, 0.1) is 25.2 Å². The minimum absolute atomic E-state index is 0.0266. The molecule has 7 aliphatic heterocycles. The molecule has 7 atom stereocenters. The molecule has 0 aliphatic carbocycles. The molecule has 15 nitrogen and oxygen atoms in total. The molecule has 64 heavy (non-hydrogen) atoms. The van der Waals surface area contributed by atoms with Crippen LogP contribution in [-0.4, -0.2) is 106 Å². The van der Waals surface area contributed by atoms with Gasteiger partial charge in [0.1, 0.15) is 24.0 Å². The van der Waals surface area contributed by atoms with Gasteiger partial charge in [-0.25, -0.2) is 9.59 Å². The summed E-state index contributed by atoms with van der Waals surface area (Å²) in [6.07, 6.45) is 1.06. The molecule has 0 aromatic heterocycles. The van der Waals surface area contributed by atoms with Gasteiger partial charge in [0, 0.05) is 46.6 Å². The minimum atomic E-state index is -1.35. The number of nitrogens with one attached hydrogen (secondary N) is 1. The smallest absolute Gasteiger partial charge is 0.493 e. The van der Waals surface area contributed by atoms with E-state index in [1.165, 1.54) is 7.11 Å². The predicted octanol–water partition coefficient (Wildman–Crippen LogP) is 7.15. The van der Waals surface area contributed by atoms with Crippen molar-refractivity contribution in [1.29, 1.82) is 5.26 Å². The van der Waals surface area contributed by atoms with Gasteiger partial charge < -0.3 is 42.6 Å². The lowest BCUT2D eigenvalue weighted by Crippen LogP contribution is -2.69. The Bertz CT molecular complexity index is 2430. The van der Waals surface area contributed by atoms with Gasteiger partial charge >= 0.3 is 12.1 Å². The number of ether oxygens (including phenoxy) is 9. The lowest BCUT2D eigenvalue weighted by Gasteiger charge is -2.62. The number of hydrogen-bond donors (Lipinski definition) is 1. The zero-order chi connectivity index (χ0) is 45.4. The van der Waals surface area contributed by atoms with Crippen molar-refractivity contribution in [3.05, 3.63) is 62.7 Å². The molecule has 3 aromatic rings. The first kappa shape index (κ1) is 44.1. The van der Waals surface area contributed by atoms with Crippen LogP contribution in [-0.2, 0) is 32.6 Å². The van der Waals surface area contributed by atoms with Gasteiger partial charge in [-0.1, -0.05) is 13.0 Å². The molecule has 3 aromatic carbocycles. The number of fused-ring (bicyclic) bond motifs is 9. The average molecular weight is 899 g/mol. The van der Waals surface area contributed by atoms with Gasteiger partial charge in [0.15, 0.2) is 40.0 Å². The SMILES string of the molecule is CCCOc1c(C)c2c(c3c1[C@H]1SC[C@]4(NCCc5cc(OC(=O)OC(C)(C)C)c(OC)cc54)C(=O)OC[C@@H]3N3C1[C@@H]1c4c(cc(C)c(OC)c4OCC)C[C@H]([C@@H]3C#N)N1C)OCO2. The van der Waals surface area contributed by atoms with Crippen molar-refractivity contribution in [2.75, 3.05) is 60.2 Å². The molecule has 2 saturated heterocycles. The maximum atomic E-state index is 15.2. The fraction of sp³-hybridized carbons (Fsp3) is 0.562. The summed E-state index contributed by atoms with van der Waals surface area (Å²) in [6.45, 7) is 14.7. The first-order valence-corrected chi connectivity index (χ1v) is 23.2. The summed E-state index contributed by atoms with van der Waals surface area (Å²) in [5, 5.41) is 14.6. The summed E-state index contributed by atoms with van der Waals surface area (Å²) >= 11 is 1.63. The Morgan fingerprint density at radius 3 is 2.47 bits per heavy atom. The number of thioether (sulfide) groups is 1. The number of carbonyl (C=O) groups is 2. The number of hydrogen-bond acceptors (Lipinski definition) is 16. The van der Waals surface area contributed by atoms with Crippen molar-refractivity contribution in [2.45, 2.75) is 114 Å². The van der Waals surface area contributed by atoms with E-state index in [1.807, 2.05) is 20.8 Å². The van der Waals surface area contributed by atoms with Crippen LogP contribution in [0.4, 0.5) is 4.79 Å². The lowest BCUT2D eigenvalue weighted by atomic mass is 9.71. The molecule has 1 N–H and O–H groups in total. The summed E-state index contributed by atoms with van der Waals surface area (Å²) in [6, 6.07) is 6.37. The number of nitrogens with zero attached hydrogens (tertiary/aromatic N) is 3. The molecule has 7 aliphatic rings. The fourth-order valence-electron chi connectivity index (χ4n) is 11.0. The Labute approximate surface area is 378 Å². The average Bonchev–Trinajstić information content (AvgIpc) is 3.75. The second-order valence-electron chi connectivity index (χ2n) is 18.3. The van der Waals surface area contributed by atoms with E-state index >= 15 is 4.79 Å². The van der Waals surface area contributed by atoms with E-state index < -0.39 is 40.6 Å². The normalized spacial score (nSPS) is 26.7. The number of carbonyl (C=O) groups excluding carboxylic acids is 2. The van der Waals surface area contributed by atoms with Crippen molar-refractivity contribution in [3.8, 4) is 46.3 Å². The van der Waals surface area contributed by atoms with Gasteiger partial charge in [0.25, 0.3) is 0 Å². The van der Waals surface area contributed by atoms with Crippen molar-refractivity contribution in [1.82, 2.24) is 15.1 Å². The molecule has 2 fully saturated rings. The molecule has 16 heteroatoms. The third kappa shape index (κ3) is 6.87. The Morgan fingerprint density at radius 2 is 1.77 bits per heavy atom. The molecule has 342 valence electrons. The van der Waals surface area contributed by atoms with Gasteiger partial charge in [0.05, 0.1) is 50.8 Å². The number of piperazine rings is 1. The van der Waals surface area contributed by atoms with Crippen LogP contribution in [0.15, 0.2) is 18.2 Å². The molecule has 1 unspecified atom stereocenters. The molecule has 4 bridgehead atoms. The second kappa shape index (κ2) is 16.7. The lowest BCUT2D eigenvalue weighted by molar-refractivity contribution is -0.157. The van der Waals surface area contributed by atoms with Crippen molar-refractivity contribution in [2.24, 2.45) is 0 Å². The number of likely N-dealkylation sites (N-methyl/N-ethyl adjacent to an activating group) is 1. The monoisotopic (exact) mass is 898 g/mol. The van der Waals surface area contributed by atoms with Gasteiger partial charge in [0.2, 0.25) is 6.79 Å². The Balaban J connectivity index is 1.27. The van der Waals surface area contributed by atoms with Gasteiger partial charge in [-0.3, -0.25) is 15.1 Å². The zero-order valence-corrected chi connectivity index (χ0v) is 39.1. The molecular weight excluding hydrogens is 841 g/mol. The molecular formula is C48H58N4O11S. The highest BCUT2D eigenvalue weighted by Crippen LogP contribution is 2.65. The quantitative estimate of drug-likeness (QED) is 0.179. The van der Waals surface area contributed by atoms with Crippen LogP contribution in [0.1, 0.15) is 103 Å². The first-order valence-electron chi connectivity index (χ1n) is 22.2. The molecule has 1 spiro atoms. The van der Waals surface area contributed by atoms with Crippen molar-refractivity contribution < 1.29 is 52.2 Å². The van der Waals surface area contributed by atoms with Crippen molar-refractivity contribution in [3.63, 3.8) is 0 Å². The first-order chi connectivity index (χ1) is 30.7. The van der Waals surface area contributed by atoms with Crippen LogP contribution in [0.2, 0.25) is 0 Å². The molecule has 10 rings (SSSR count). The summed E-state index contributed by atoms with van der Waals surface area (Å²) in [5.41, 5.74) is 5.07. The summed E-state index contributed by atoms with van der Waals surface area (Å²) in [4.78, 5) is 32.7. The van der Waals surface area contributed by atoms with Crippen LogP contribution >= 0.6 is 11.8 Å². The maximum Gasteiger partial charge on any atom is 0.514 e. The van der Waals surface area contributed by atoms with E-state index in [9.17, 15) is 10.1 Å². The summed E-state index contributed by atoms with van der Waals surface area (Å²) in [5.74, 6) is 3.50. The number of benzene rings is 3. The van der Waals surface area contributed by atoms with Crippen LogP contribution < -0.4 is 38.5 Å². The van der Waals surface area contributed by atoms with Gasteiger partial charge in [-0.05, 0) is 102 Å². The largest absolute Gasteiger partial charge is 0.514 e. The number of nitriles is 1. The van der Waals surface area contributed by atoms with E-state index in [0.29, 0.717) is 66.9 Å². The Kier molecular flexibility index (Phi) is 11.5. The second-order valence-corrected chi connectivity index (χ2v) is 19.4. The maximum absolute atomic E-state index is 15.2. The number of rotatable bonds is 8. The highest BCUT2D eigenvalue weighted by atomic mass is 32.2. The fourth-order valence-corrected chi connectivity index (χ4v) is 12.7. The Morgan fingerprint density at radius 1 is 0.984 bits per heavy atom. The topological polar surface area (TPSA) is 160 Å². The van der Waals surface area contributed by atoms with Gasteiger partial charge in [-0.2, -0.15) is 5.26 Å². The highest BCUT2D eigenvalue weighted by Gasteiger charge is 2.62. The molecule has 7 heterocycles. The van der Waals surface area contributed by atoms with Crippen LogP contribution in [0.25, 0.3) is 0 Å². The van der Waals surface area contributed by atoms with E-state index in [4.69, 9.17) is 42.6 Å². The third-order valence-electron chi connectivity index (χ3n) is 13.5. The number of aryl methyl sites for hydroxylation is 1. The standard InChI is InChI=1S/C48H58N4O11S/c1-11-15-58-40-25(4)41-43(61-23-60-41)35-31-21-59-45(53)48(28-19-32(55-9)33(18-26(28)13-14-50-48)62-46(54)63-47(5,6)7)22-64-44(36(35)40)38-37-34-27(16-24(3)39(56-10)42(34)57-12-2)17-29(51(37)8)30(20-49)52(31)38/h16,18-19,29-31,37-38,44,50H,11-15,17,21-23H2,1-10H3/t29-,30+,31+,37+,38?,44-,48-/m1/s1. The molecule has 0 saturated carbocycles. The van der Waals surface area contributed by atoms with Gasteiger partial charge in [-0.15, -0.1) is 11.8 Å². The predicted molar refractivity (Wildman–Crippen MR) is 237 cm³/mol. The van der Waals surface area contributed by atoms with E-state index in [2.05, 4.69) is 41.2 Å². The van der Waals surface area contributed by atoms with Crippen molar-refractivity contribution >= 4 is 23.9 Å². The van der Waals surface area contributed by atoms with E-state index in [-0.39, 0.29) is 48.8 Å². The van der Waals surface area contributed by atoms with Crippen LogP contribution in [0.3, 0.4) is 0 Å². The minimum Gasteiger partial charge on any atom is -0.493 e. The van der Waals surface area contributed by atoms with E-state index in [0.717, 1.165) is 45.4 Å². The van der Waals surface area contributed by atoms with E-state index in [1.54, 1.807) is 51.8 Å². The van der Waals surface area contributed by atoms with Crippen LogP contribution in [0.5, 0.6) is 40.2 Å². The number of methoxy groups -OCH3 is 2. The third-order valence-corrected chi connectivity index (χ3v) is 14.9. The summed E-state index contributed by atoms with van der Waals surface area (Å²) < 4.78 is 55.7. The molecule has 0 radical (unpaired) electrons. The summed E-state index contributed by atoms with van der Waals surface area (Å²) in [7, 11) is 5.29. The zero-order valence-electron chi connectivity index (χ0n) is 38.3. The Hall–Kier alpha value is -5.08. The molecule has 0 amide bonds.